The molecule has 0 aromatic carbocycles. The van der Waals surface area contributed by atoms with Crippen LogP contribution < -0.4 is 5.32 Å². The van der Waals surface area contributed by atoms with Crippen LogP contribution in [-0.4, -0.2) is 87.4 Å². The van der Waals surface area contributed by atoms with E-state index in [0.29, 0.717) is 0 Å². The van der Waals surface area contributed by atoms with Gasteiger partial charge < -0.3 is 19.7 Å². The Labute approximate surface area is 157 Å². The van der Waals surface area contributed by atoms with Gasteiger partial charge in [-0.3, -0.25) is 14.7 Å². The topological polar surface area (TPSA) is 66.4 Å². The van der Waals surface area contributed by atoms with Crippen molar-refractivity contribution in [2.45, 2.75) is 44.1 Å². The Morgan fingerprint density at radius 2 is 1.85 bits per heavy atom. The molecule has 3 heterocycles. The van der Waals surface area contributed by atoms with Crippen LogP contribution in [0.4, 0.5) is 0 Å². The molecule has 3 fully saturated rings. The van der Waals surface area contributed by atoms with Crippen molar-refractivity contribution in [3.8, 4) is 0 Å². The van der Waals surface area contributed by atoms with Gasteiger partial charge in [0, 0.05) is 45.4 Å². The minimum atomic E-state index is -0.0808. The summed E-state index contributed by atoms with van der Waals surface area (Å²) >= 11 is 0. The maximum Gasteiger partial charge on any atom is 0.308 e. The van der Waals surface area contributed by atoms with Crippen molar-refractivity contribution in [1.29, 1.82) is 0 Å². The fourth-order valence-corrected chi connectivity index (χ4v) is 4.62. The predicted octanol–water partition coefficient (Wildman–Crippen LogP) is 1.09. The van der Waals surface area contributed by atoms with Gasteiger partial charge in [0.25, 0.3) is 0 Å². The molecule has 3 rings (SSSR count). The van der Waals surface area contributed by atoms with Crippen molar-refractivity contribution in [3.63, 3.8) is 0 Å². The summed E-state index contributed by atoms with van der Waals surface area (Å²) in [5.74, 6) is 0.905. The second kappa shape index (κ2) is 9.04. The molecular weight excluding hydrogens is 332 g/mol. The summed E-state index contributed by atoms with van der Waals surface area (Å²) in [5.41, 5.74) is 0.190. The van der Waals surface area contributed by atoms with Crippen LogP contribution in [0, 0.1) is 5.92 Å². The molecular formula is C19H34N4O3. The predicted molar refractivity (Wildman–Crippen MR) is 101 cm³/mol. The van der Waals surface area contributed by atoms with Gasteiger partial charge in [-0.15, -0.1) is 0 Å². The first kappa shape index (κ1) is 19.4. The molecule has 0 unspecified atom stereocenters. The van der Waals surface area contributed by atoms with Gasteiger partial charge in [-0.2, -0.15) is 0 Å². The Hall–Kier alpha value is -1.34. The standard InChI is InChI=1S/C19H34N4O3/c1-20-18(22-11-5-16(6-12-22)17(24)25-2)21-15-19(7-13-26-14-8-19)23-9-3-4-10-23/h16H,3-15H2,1-2H3,(H,20,21). The molecule has 0 aliphatic carbocycles. The first-order valence-electron chi connectivity index (χ1n) is 10.0. The summed E-state index contributed by atoms with van der Waals surface area (Å²) in [4.78, 5) is 21.2. The number of guanidine groups is 1. The molecule has 26 heavy (non-hydrogen) atoms. The monoisotopic (exact) mass is 366 g/mol. The molecule has 3 saturated heterocycles. The number of hydrogen-bond acceptors (Lipinski definition) is 5. The molecule has 0 aromatic rings. The molecule has 7 heteroatoms. The summed E-state index contributed by atoms with van der Waals surface area (Å²) < 4.78 is 10.5. The molecule has 0 saturated carbocycles. The molecule has 148 valence electrons. The van der Waals surface area contributed by atoms with Gasteiger partial charge in [0.2, 0.25) is 0 Å². The number of rotatable bonds is 4. The molecule has 3 aliphatic rings. The minimum absolute atomic E-state index is 0.0285. The number of piperidine rings is 1. The molecule has 0 aromatic heterocycles. The third kappa shape index (κ3) is 4.31. The highest BCUT2D eigenvalue weighted by molar-refractivity contribution is 5.80. The van der Waals surface area contributed by atoms with E-state index >= 15 is 0 Å². The molecule has 0 atom stereocenters. The number of carbonyl (C=O) groups excluding carboxylic acids is 1. The quantitative estimate of drug-likeness (QED) is 0.456. The first-order valence-corrected chi connectivity index (χ1v) is 10.0. The lowest BCUT2D eigenvalue weighted by molar-refractivity contribution is -0.146. The number of ether oxygens (including phenoxy) is 2. The van der Waals surface area contributed by atoms with Crippen LogP contribution in [0.3, 0.4) is 0 Å². The van der Waals surface area contributed by atoms with Gasteiger partial charge in [0.05, 0.1) is 13.0 Å². The number of nitrogens with zero attached hydrogens (tertiary/aromatic N) is 3. The van der Waals surface area contributed by atoms with Crippen molar-refractivity contribution in [2.24, 2.45) is 10.9 Å². The molecule has 0 radical (unpaired) electrons. The Kier molecular flexibility index (Phi) is 6.75. The van der Waals surface area contributed by atoms with E-state index in [4.69, 9.17) is 9.47 Å². The Morgan fingerprint density at radius 3 is 2.42 bits per heavy atom. The number of aliphatic imine (C=N–C) groups is 1. The lowest BCUT2D eigenvalue weighted by Crippen LogP contribution is -2.59. The van der Waals surface area contributed by atoms with Crippen LogP contribution in [-0.2, 0) is 14.3 Å². The smallest absolute Gasteiger partial charge is 0.308 e. The van der Waals surface area contributed by atoms with E-state index in [0.717, 1.165) is 64.5 Å². The fourth-order valence-electron chi connectivity index (χ4n) is 4.62. The van der Waals surface area contributed by atoms with E-state index in [1.807, 2.05) is 7.05 Å². The normalized spacial score (nSPS) is 25.3. The minimum Gasteiger partial charge on any atom is -0.469 e. The highest BCUT2D eigenvalue weighted by Crippen LogP contribution is 2.31. The summed E-state index contributed by atoms with van der Waals surface area (Å²) in [6.45, 7) is 6.71. The van der Waals surface area contributed by atoms with E-state index < -0.39 is 0 Å². The number of carbonyl (C=O) groups is 1. The van der Waals surface area contributed by atoms with Crippen LogP contribution in [0.1, 0.15) is 38.5 Å². The fraction of sp³-hybridized carbons (Fsp3) is 0.895. The Balaban J connectivity index is 1.57. The van der Waals surface area contributed by atoms with E-state index in [-0.39, 0.29) is 17.4 Å². The number of hydrogen-bond donors (Lipinski definition) is 1. The summed E-state index contributed by atoms with van der Waals surface area (Å²) in [6.07, 6.45) is 6.44. The maximum absolute atomic E-state index is 11.7. The molecule has 0 bridgehead atoms. The number of nitrogens with one attached hydrogen (secondary N) is 1. The first-order chi connectivity index (χ1) is 12.7. The molecule has 0 spiro atoms. The van der Waals surface area contributed by atoms with Crippen molar-refractivity contribution >= 4 is 11.9 Å². The SMILES string of the molecule is CN=C(NCC1(N2CCCC2)CCOCC1)N1CCC(C(=O)OC)CC1. The number of methoxy groups -OCH3 is 1. The van der Waals surface area contributed by atoms with Crippen molar-refractivity contribution in [1.82, 2.24) is 15.1 Å². The summed E-state index contributed by atoms with van der Waals surface area (Å²) in [6, 6.07) is 0. The van der Waals surface area contributed by atoms with Gasteiger partial charge in [-0.05, 0) is 51.6 Å². The van der Waals surface area contributed by atoms with Crippen LogP contribution in [0.15, 0.2) is 4.99 Å². The van der Waals surface area contributed by atoms with Crippen LogP contribution in [0.5, 0.6) is 0 Å². The Bertz CT molecular complexity index is 491. The van der Waals surface area contributed by atoms with Gasteiger partial charge in [-0.25, -0.2) is 0 Å². The van der Waals surface area contributed by atoms with E-state index in [1.54, 1.807) is 0 Å². The molecule has 1 N–H and O–H groups in total. The Morgan fingerprint density at radius 1 is 1.19 bits per heavy atom. The average molecular weight is 367 g/mol. The summed E-state index contributed by atoms with van der Waals surface area (Å²) in [7, 11) is 3.32. The number of esters is 1. The van der Waals surface area contributed by atoms with Gasteiger partial charge >= 0.3 is 5.97 Å². The van der Waals surface area contributed by atoms with Gasteiger partial charge in [0.1, 0.15) is 0 Å². The second-order valence-corrected chi connectivity index (χ2v) is 7.72. The molecule has 3 aliphatic heterocycles. The second-order valence-electron chi connectivity index (χ2n) is 7.72. The lowest BCUT2D eigenvalue weighted by atomic mass is 9.88. The highest BCUT2D eigenvalue weighted by Gasteiger charge is 2.40. The van der Waals surface area contributed by atoms with Crippen molar-refractivity contribution in [3.05, 3.63) is 0 Å². The third-order valence-electron chi connectivity index (χ3n) is 6.32. The van der Waals surface area contributed by atoms with E-state index in [1.165, 1.54) is 33.0 Å². The van der Waals surface area contributed by atoms with Gasteiger partial charge in [0.15, 0.2) is 5.96 Å². The zero-order chi connectivity index (χ0) is 18.4. The average Bonchev–Trinajstić information content (AvgIpc) is 3.24. The highest BCUT2D eigenvalue weighted by atomic mass is 16.5. The maximum atomic E-state index is 11.7. The zero-order valence-corrected chi connectivity index (χ0v) is 16.3. The molecule has 0 amide bonds. The molecule has 7 nitrogen and oxygen atoms in total. The van der Waals surface area contributed by atoms with E-state index in [9.17, 15) is 4.79 Å². The summed E-state index contributed by atoms with van der Waals surface area (Å²) in [5, 5.41) is 3.65. The third-order valence-corrected chi connectivity index (χ3v) is 6.32. The van der Waals surface area contributed by atoms with Crippen molar-refractivity contribution < 1.29 is 14.3 Å². The largest absolute Gasteiger partial charge is 0.469 e. The number of likely N-dealkylation sites (tertiary alicyclic amines) is 2. The van der Waals surface area contributed by atoms with Gasteiger partial charge in [-0.1, -0.05) is 0 Å². The van der Waals surface area contributed by atoms with Crippen molar-refractivity contribution in [2.75, 3.05) is 60.1 Å². The lowest BCUT2D eigenvalue weighted by Gasteiger charge is -2.45. The van der Waals surface area contributed by atoms with Crippen LogP contribution in [0.25, 0.3) is 0 Å². The van der Waals surface area contributed by atoms with E-state index in [2.05, 4.69) is 20.1 Å². The van der Waals surface area contributed by atoms with Crippen LogP contribution >= 0.6 is 0 Å². The zero-order valence-electron chi connectivity index (χ0n) is 16.3. The van der Waals surface area contributed by atoms with Crippen LogP contribution in [0.2, 0.25) is 0 Å².